The monoisotopic (exact) mass is 366 g/mol. The fraction of sp³-hybridized carbons (Fsp3) is 0.706. The molecule has 2 aliphatic rings. The van der Waals surface area contributed by atoms with Gasteiger partial charge in [-0.3, -0.25) is 15.0 Å². The van der Waals surface area contributed by atoms with Gasteiger partial charge in [0, 0.05) is 37.5 Å². The van der Waals surface area contributed by atoms with Crippen LogP contribution in [0.25, 0.3) is 0 Å². The molecule has 1 aromatic rings. The summed E-state index contributed by atoms with van der Waals surface area (Å²) < 4.78 is 4.88. The Morgan fingerprint density at radius 1 is 1.20 bits per heavy atom. The third-order valence-electron chi connectivity index (χ3n) is 4.61. The number of nitrogens with zero attached hydrogens (tertiary/aromatic N) is 3. The van der Waals surface area contributed by atoms with Gasteiger partial charge in [-0.2, -0.15) is 0 Å². The molecular formula is C17H26N4O3S. The van der Waals surface area contributed by atoms with Crippen molar-refractivity contribution in [1.82, 2.24) is 14.8 Å². The average Bonchev–Trinajstić information content (AvgIpc) is 2.79. The summed E-state index contributed by atoms with van der Waals surface area (Å²) in [6.45, 7) is 5.91. The third kappa shape index (κ3) is 4.92. The second kappa shape index (κ2) is 8.62. The van der Waals surface area contributed by atoms with Gasteiger partial charge in [-0.05, 0) is 19.8 Å². The van der Waals surface area contributed by atoms with Crippen LogP contribution in [0.5, 0.6) is 0 Å². The summed E-state index contributed by atoms with van der Waals surface area (Å²) in [4.78, 5) is 33.9. The second-order valence-electron chi connectivity index (χ2n) is 6.49. The van der Waals surface area contributed by atoms with Crippen molar-refractivity contribution < 1.29 is 14.3 Å². The molecule has 0 spiro atoms. The molecule has 0 unspecified atom stereocenters. The standard InChI is InChI=1S/C17H26N4O3S/c1-2-24-17(23)19-16-18-13-7-10-20(11-14(13)25-16)12-15(22)21-8-5-3-4-6-9-21/h2-12H2,1H3,(H,18,19,23). The van der Waals surface area contributed by atoms with Crippen LogP contribution >= 0.6 is 11.3 Å². The number of hydrogen-bond acceptors (Lipinski definition) is 6. The Balaban J connectivity index is 1.54. The van der Waals surface area contributed by atoms with Crippen LogP contribution in [-0.4, -0.2) is 59.6 Å². The van der Waals surface area contributed by atoms with E-state index in [9.17, 15) is 9.59 Å². The van der Waals surface area contributed by atoms with Crippen LogP contribution in [0.4, 0.5) is 9.93 Å². The van der Waals surface area contributed by atoms with Gasteiger partial charge in [-0.15, -0.1) is 0 Å². The fourth-order valence-electron chi connectivity index (χ4n) is 3.30. The number of anilines is 1. The van der Waals surface area contributed by atoms with Crippen molar-refractivity contribution in [3.05, 3.63) is 10.6 Å². The molecule has 0 saturated carbocycles. The Morgan fingerprint density at radius 2 is 1.96 bits per heavy atom. The molecule has 3 heterocycles. The number of carbonyl (C=O) groups is 2. The van der Waals surface area contributed by atoms with Crippen LogP contribution in [0.1, 0.15) is 43.2 Å². The Morgan fingerprint density at radius 3 is 2.68 bits per heavy atom. The quantitative estimate of drug-likeness (QED) is 0.886. The van der Waals surface area contributed by atoms with Gasteiger partial charge in [-0.25, -0.2) is 9.78 Å². The van der Waals surface area contributed by atoms with Gasteiger partial charge in [0.05, 0.1) is 18.8 Å². The molecule has 1 N–H and O–H groups in total. The number of amides is 2. The van der Waals surface area contributed by atoms with E-state index in [1.165, 1.54) is 24.2 Å². The van der Waals surface area contributed by atoms with E-state index in [0.29, 0.717) is 18.3 Å². The molecule has 0 aliphatic carbocycles. The molecule has 1 saturated heterocycles. The van der Waals surface area contributed by atoms with E-state index in [-0.39, 0.29) is 5.91 Å². The maximum atomic E-state index is 12.6. The van der Waals surface area contributed by atoms with Crippen molar-refractivity contribution >= 4 is 28.5 Å². The molecule has 2 aliphatic heterocycles. The Hall–Kier alpha value is -1.67. The summed E-state index contributed by atoms with van der Waals surface area (Å²) in [6.07, 6.45) is 5.04. The van der Waals surface area contributed by atoms with E-state index in [2.05, 4.69) is 15.2 Å². The van der Waals surface area contributed by atoms with Gasteiger partial charge in [0.15, 0.2) is 5.13 Å². The zero-order valence-electron chi connectivity index (χ0n) is 14.8. The topological polar surface area (TPSA) is 74.8 Å². The Kier molecular flexibility index (Phi) is 6.25. The Bertz CT molecular complexity index is 611. The molecule has 8 heteroatoms. The molecule has 0 atom stereocenters. The van der Waals surface area contributed by atoms with Crippen molar-refractivity contribution in [2.45, 2.75) is 45.6 Å². The summed E-state index contributed by atoms with van der Waals surface area (Å²) in [6, 6.07) is 0. The minimum absolute atomic E-state index is 0.236. The maximum absolute atomic E-state index is 12.6. The molecule has 3 rings (SSSR count). The number of ether oxygens (including phenoxy) is 1. The van der Waals surface area contributed by atoms with Crippen LogP contribution in [0.2, 0.25) is 0 Å². The van der Waals surface area contributed by atoms with Crippen LogP contribution in [0.15, 0.2) is 0 Å². The summed E-state index contributed by atoms with van der Waals surface area (Å²) in [5.41, 5.74) is 1.02. The van der Waals surface area contributed by atoms with Gasteiger partial charge in [0.25, 0.3) is 0 Å². The molecule has 7 nitrogen and oxygen atoms in total. The van der Waals surface area contributed by atoms with E-state index in [4.69, 9.17) is 4.74 Å². The van der Waals surface area contributed by atoms with E-state index < -0.39 is 6.09 Å². The fourth-order valence-corrected chi connectivity index (χ4v) is 4.34. The lowest BCUT2D eigenvalue weighted by Crippen LogP contribution is -2.42. The summed E-state index contributed by atoms with van der Waals surface area (Å²) in [7, 11) is 0. The van der Waals surface area contributed by atoms with Crippen molar-refractivity contribution in [3.8, 4) is 0 Å². The highest BCUT2D eigenvalue weighted by molar-refractivity contribution is 7.15. The lowest BCUT2D eigenvalue weighted by atomic mass is 10.2. The molecule has 25 heavy (non-hydrogen) atoms. The van der Waals surface area contributed by atoms with Crippen molar-refractivity contribution in [2.75, 3.05) is 38.1 Å². The molecule has 138 valence electrons. The van der Waals surface area contributed by atoms with E-state index in [0.717, 1.165) is 56.0 Å². The zero-order chi connectivity index (χ0) is 17.6. The zero-order valence-corrected chi connectivity index (χ0v) is 15.6. The third-order valence-corrected chi connectivity index (χ3v) is 5.61. The largest absolute Gasteiger partial charge is 0.450 e. The second-order valence-corrected chi connectivity index (χ2v) is 7.57. The number of hydrogen-bond donors (Lipinski definition) is 1. The normalized spacial score (nSPS) is 18.4. The van der Waals surface area contributed by atoms with E-state index in [1.54, 1.807) is 6.92 Å². The van der Waals surface area contributed by atoms with Gasteiger partial charge < -0.3 is 9.64 Å². The predicted octanol–water partition coefficient (Wildman–Crippen LogP) is 2.47. The number of fused-ring (bicyclic) bond motifs is 1. The summed E-state index contributed by atoms with van der Waals surface area (Å²) in [5.74, 6) is 0.236. The summed E-state index contributed by atoms with van der Waals surface area (Å²) in [5, 5.41) is 3.24. The Labute approximate surface area is 152 Å². The molecule has 0 bridgehead atoms. The van der Waals surface area contributed by atoms with Crippen molar-refractivity contribution in [1.29, 1.82) is 0 Å². The van der Waals surface area contributed by atoms with Crippen molar-refractivity contribution in [2.24, 2.45) is 0 Å². The first kappa shape index (κ1) is 18.1. The van der Waals surface area contributed by atoms with Crippen LogP contribution < -0.4 is 5.32 Å². The highest BCUT2D eigenvalue weighted by Crippen LogP contribution is 2.28. The highest BCUT2D eigenvalue weighted by Gasteiger charge is 2.25. The number of likely N-dealkylation sites (tertiary alicyclic amines) is 1. The number of carbonyl (C=O) groups excluding carboxylic acids is 2. The van der Waals surface area contributed by atoms with Crippen LogP contribution in [-0.2, 0) is 22.5 Å². The molecule has 1 fully saturated rings. The average molecular weight is 366 g/mol. The van der Waals surface area contributed by atoms with Crippen LogP contribution in [0.3, 0.4) is 0 Å². The van der Waals surface area contributed by atoms with E-state index in [1.807, 2.05) is 4.90 Å². The first-order valence-corrected chi connectivity index (χ1v) is 9.90. The van der Waals surface area contributed by atoms with Crippen LogP contribution in [0, 0.1) is 0 Å². The SMILES string of the molecule is CCOC(=O)Nc1nc2c(s1)CN(CC(=O)N1CCCCCC1)CC2. The molecule has 0 radical (unpaired) electrons. The predicted molar refractivity (Wildman–Crippen MR) is 96.8 cm³/mol. The maximum Gasteiger partial charge on any atom is 0.413 e. The first-order chi connectivity index (χ1) is 12.2. The minimum Gasteiger partial charge on any atom is -0.450 e. The number of rotatable bonds is 4. The van der Waals surface area contributed by atoms with Gasteiger partial charge in [0.1, 0.15) is 0 Å². The number of aromatic nitrogens is 1. The lowest BCUT2D eigenvalue weighted by molar-refractivity contribution is -0.132. The van der Waals surface area contributed by atoms with E-state index >= 15 is 0 Å². The first-order valence-electron chi connectivity index (χ1n) is 9.08. The molecule has 2 amide bonds. The summed E-state index contributed by atoms with van der Waals surface area (Å²) >= 11 is 1.47. The highest BCUT2D eigenvalue weighted by atomic mass is 32.1. The smallest absolute Gasteiger partial charge is 0.413 e. The van der Waals surface area contributed by atoms with Gasteiger partial charge in [0.2, 0.25) is 5.91 Å². The van der Waals surface area contributed by atoms with Crippen molar-refractivity contribution in [3.63, 3.8) is 0 Å². The van der Waals surface area contributed by atoms with Gasteiger partial charge >= 0.3 is 6.09 Å². The lowest BCUT2D eigenvalue weighted by Gasteiger charge is -2.28. The number of thiazole rings is 1. The number of nitrogens with one attached hydrogen (secondary N) is 1. The molecular weight excluding hydrogens is 340 g/mol. The molecule has 0 aromatic carbocycles. The van der Waals surface area contributed by atoms with Gasteiger partial charge in [-0.1, -0.05) is 24.2 Å². The minimum atomic E-state index is -0.471. The molecule has 1 aromatic heterocycles.